The molecule has 1 aliphatic rings. The molecule has 3 aromatic heterocycles. The number of anilines is 1. The predicted octanol–water partition coefficient (Wildman–Crippen LogP) is 1.54. The molecule has 3 aromatic rings. The zero-order valence-electron chi connectivity index (χ0n) is 14.0. The molecule has 0 unspecified atom stereocenters. The molecule has 0 aromatic carbocycles. The Balaban J connectivity index is 1.41. The Morgan fingerprint density at radius 3 is 2.76 bits per heavy atom. The second-order valence-corrected chi connectivity index (χ2v) is 6.21. The Morgan fingerprint density at radius 1 is 1.16 bits per heavy atom. The number of hydrogen-bond acceptors (Lipinski definition) is 6. The van der Waals surface area contributed by atoms with E-state index in [9.17, 15) is 4.79 Å². The van der Waals surface area contributed by atoms with Crippen molar-refractivity contribution in [3.8, 4) is 0 Å². The number of rotatable bonds is 3. The minimum Gasteiger partial charge on any atom is -0.366 e. The molecule has 0 spiro atoms. The topological polar surface area (TPSA) is 88.3 Å². The lowest BCUT2D eigenvalue weighted by molar-refractivity contribution is 0.0718. The number of nitrogens with one attached hydrogen (secondary N) is 1. The number of carbonyl (C=O) groups is 1. The molecule has 4 rings (SSSR count). The van der Waals surface area contributed by atoms with E-state index < -0.39 is 0 Å². The number of amides is 1. The summed E-state index contributed by atoms with van der Waals surface area (Å²) in [5, 5.41) is 19.4. The van der Waals surface area contributed by atoms with E-state index in [2.05, 4.69) is 25.7 Å². The Labute approximate surface area is 144 Å². The summed E-state index contributed by atoms with van der Waals surface area (Å²) in [6, 6.07) is 7.71. The largest absolute Gasteiger partial charge is 0.366 e. The molecule has 0 atom stereocenters. The molecule has 1 aliphatic heterocycles. The van der Waals surface area contributed by atoms with Crippen LogP contribution >= 0.6 is 0 Å². The number of carbonyl (C=O) groups excluding carboxylic acids is 1. The molecule has 0 aliphatic carbocycles. The van der Waals surface area contributed by atoms with E-state index in [1.165, 1.54) is 0 Å². The van der Waals surface area contributed by atoms with Gasteiger partial charge in [-0.05, 0) is 44.0 Å². The number of pyridine rings is 1. The smallest absolute Gasteiger partial charge is 0.255 e. The highest BCUT2D eigenvalue weighted by Crippen LogP contribution is 2.17. The van der Waals surface area contributed by atoms with Gasteiger partial charge in [-0.3, -0.25) is 9.20 Å². The zero-order valence-corrected chi connectivity index (χ0v) is 14.0. The fourth-order valence-corrected chi connectivity index (χ4v) is 3.13. The van der Waals surface area contributed by atoms with Crippen LogP contribution in [0.4, 0.5) is 5.82 Å². The van der Waals surface area contributed by atoms with Gasteiger partial charge in [-0.15, -0.1) is 15.3 Å². The van der Waals surface area contributed by atoms with Crippen molar-refractivity contribution in [2.75, 3.05) is 18.4 Å². The van der Waals surface area contributed by atoms with E-state index in [4.69, 9.17) is 0 Å². The van der Waals surface area contributed by atoms with Gasteiger partial charge in [0, 0.05) is 31.5 Å². The summed E-state index contributed by atoms with van der Waals surface area (Å²) < 4.78 is 1.84. The van der Waals surface area contributed by atoms with Crippen molar-refractivity contribution in [2.24, 2.45) is 0 Å². The third kappa shape index (κ3) is 3.15. The van der Waals surface area contributed by atoms with Gasteiger partial charge in [0.1, 0.15) is 11.6 Å². The third-order valence-corrected chi connectivity index (χ3v) is 4.53. The van der Waals surface area contributed by atoms with Crippen molar-refractivity contribution in [2.45, 2.75) is 25.8 Å². The van der Waals surface area contributed by atoms with Crippen LogP contribution in [0, 0.1) is 6.92 Å². The monoisotopic (exact) mass is 337 g/mol. The van der Waals surface area contributed by atoms with Crippen LogP contribution in [0.2, 0.25) is 0 Å². The Bertz CT molecular complexity index is 884. The first kappa shape index (κ1) is 15.5. The highest BCUT2D eigenvalue weighted by Gasteiger charge is 2.24. The van der Waals surface area contributed by atoms with Gasteiger partial charge in [-0.1, -0.05) is 0 Å². The van der Waals surface area contributed by atoms with E-state index >= 15 is 0 Å². The molecular formula is C17H19N7O. The fraction of sp³-hybridized carbons (Fsp3) is 0.353. The summed E-state index contributed by atoms with van der Waals surface area (Å²) in [6.07, 6.45) is 5.24. The second kappa shape index (κ2) is 6.46. The molecule has 1 amide bonds. The first-order chi connectivity index (χ1) is 12.2. The Hall–Kier alpha value is -3.03. The van der Waals surface area contributed by atoms with Crippen molar-refractivity contribution >= 4 is 17.4 Å². The minimum absolute atomic E-state index is 0.0490. The zero-order chi connectivity index (χ0) is 17.2. The maximum absolute atomic E-state index is 12.8. The van der Waals surface area contributed by atoms with E-state index in [1.807, 2.05) is 46.7 Å². The highest BCUT2D eigenvalue weighted by atomic mass is 16.2. The average molecular weight is 337 g/mol. The third-order valence-electron chi connectivity index (χ3n) is 4.53. The lowest BCUT2D eigenvalue weighted by Crippen LogP contribution is -2.42. The molecule has 8 nitrogen and oxygen atoms in total. The SMILES string of the molecule is Cc1nnc2ccc(C(=O)N3CCC(Nc4cccnn4)CC3)cn12. The summed E-state index contributed by atoms with van der Waals surface area (Å²) >= 11 is 0. The van der Waals surface area contributed by atoms with E-state index in [-0.39, 0.29) is 5.91 Å². The maximum atomic E-state index is 12.8. The number of likely N-dealkylation sites (tertiary alicyclic amines) is 1. The average Bonchev–Trinajstić information content (AvgIpc) is 3.03. The van der Waals surface area contributed by atoms with Crippen LogP contribution in [0.15, 0.2) is 36.7 Å². The van der Waals surface area contributed by atoms with Gasteiger partial charge in [0.25, 0.3) is 5.91 Å². The first-order valence-corrected chi connectivity index (χ1v) is 8.35. The van der Waals surface area contributed by atoms with Gasteiger partial charge in [0.2, 0.25) is 0 Å². The number of aromatic nitrogens is 5. The molecule has 1 N–H and O–H groups in total. The van der Waals surface area contributed by atoms with Crippen LogP contribution in [0.1, 0.15) is 29.0 Å². The van der Waals surface area contributed by atoms with Gasteiger partial charge in [0.15, 0.2) is 5.65 Å². The summed E-state index contributed by atoms with van der Waals surface area (Å²) in [5.41, 5.74) is 1.41. The molecule has 1 saturated heterocycles. The second-order valence-electron chi connectivity index (χ2n) is 6.21. The van der Waals surface area contributed by atoms with Crippen molar-refractivity contribution in [3.63, 3.8) is 0 Å². The van der Waals surface area contributed by atoms with Crippen LogP contribution in [0.25, 0.3) is 5.65 Å². The van der Waals surface area contributed by atoms with Gasteiger partial charge in [-0.25, -0.2) is 0 Å². The predicted molar refractivity (Wildman–Crippen MR) is 92.3 cm³/mol. The number of piperidine rings is 1. The molecule has 1 fully saturated rings. The van der Waals surface area contributed by atoms with Gasteiger partial charge < -0.3 is 10.2 Å². The minimum atomic E-state index is 0.0490. The van der Waals surface area contributed by atoms with Crippen LogP contribution in [0.3, 0.4) is 0 Å². The number of nitrogens with zero attached hydrogens (tertiary/aromatic N) is 6. The standard InChI is InChI=1S/C17H19N7O/c1-12-20-22-16-5-4-13(11-24(12)16)17(25)23-9-6-14(7-10-23)19-15-3-2-8-18-21-15/h2-5,8,11,14H,6-7,9-10H2,1H3,(H,19,21). The number of hydrogen-bond donors (Lipinski definition) is 1. The normalized spacial score (nSPS) is 15.5. The molecule has 4 heterocycles. The van der Waals surface area contributed by atoms with E-state index in [1.54, 1.807) is 6.20 Å². The highest BCUT2D eigenvalue weighted by molar-refractivity contribution is 5.94. The van der Waals surface area contributed by atoms with Crippen molar-refractivity contribution in [1.29, 1.82) is 0 Å². The van der Waals surface area contributed by atoms with Gasteiger partial charge >= 0.3 is 0 Å². The molecule has 0 saturated carbocycles. The lowest BCUT2D eigenvalue weighted by atomic mass is 10.0. The molecule has 0 radical (unpaired) electrons. The van der Waals surface area contributed by atoms with E-state index in [0.29, 0.717) is 11.6 Å². The summed E-state index contributed by atoms with van der Waals surface area (Å²) in [7, 11) is 0. The van der Waals surface area contributed by atoms with Crippen LogP contribution < -0.4 is 5.32 Å². The summed E-state index contributed by atoms with van der Waals surface area (Å²) in [6.45, 7) is 3.31. The van der Waals surface area contributed by atoms with Crippen LogP contribution in [-0.2, 0) is 0 Å². The number of fused-ring (bicyclic) bond motifs is 1. The number of aryl methyl sites for hydroxylation is 1. The van der Waals surface area contributed by atoms with Gasteiger partial charge in [-0.2, -0.15) is 5.10 Å². The van der Waals surface area contributed by atoms with Crippen LogP contribution in [-0.4, -0.2) is 54.7 Å². The summed E-state index contributed by atoms with van der Waals surface area (Å²) in [4.78, 5) is 14.7. The molecule has 8 heteroatoms. The molecule has 25 heavy (non-hydrogen) atoms. The fourth-order valence-electron chi connectivity index (χ4n) is 3.13. The molecule has 0 bridgehead atoms. The Morgan fingerprint density at radius 2 is 2.00 bits per heavy atom. The van der Waals surface area contributed by atoms with Crippen LogP contribution in [0.5, 0.6) is 0 Å². The lowest BCUT2D eigenvalue weighted by Gasteiger charge is -2.32. The Kier molecular flexibility index (Phi) is 4.01. The quantitative estimate of drug-likeness (QED) is 0.780. The molecule has 128 valence electrons. The van der Waals surface area contributed by atoms with Crippen molar-refractivity contribution in [1.82, 2.24) is 29.7 Å². The van der Waals surface area contributed by atoms with E-state index in [0.717, 1.165) is 43.2 Å². The first-order valence-electron chi connectivity index (χ1n) is 8.35. The van der Waals surface area contributed by atoms with Crippen molar-refractivity contribution < 1.29 is 4.79 Å². The van der Waals surface area contributed by atoms with Crippen molar-refractivity contribution in [3.05, 3.63) is 48.0 Å². The molecular weight excluding hydrogens is 318 g/mol. The van der Waals surface area contributed by atoms with Gasteiger partial charge in [0.05, 0.1) is 5.56 Å². The summed E-state index contributed by atoms with van der Waals surface area (Å²) in [5.74, 6) is 1.60. The maximum Gasteiger partial charge on any atom is 0.255 e.